The van der Waals surface area contributed by atoms with Crippen molar-refractivity contribution in [1.82, 2.24) is 10.2 Å². The molecule has 0 saturated carbocycles. The fourth-order valence-corrected chi connectivity index (χ4v) is 1.83. The highest BCUT2D eigenvalue weighted by Gasteiger charge is 2.15. The summed E-state index contributed by atoms with van der Waals surface area (Å²) < 4.78 is 0. The van der Waals surface area contributed by atoms with Gasteiger partial charge >= 0.3 is 0 Å². The maximum absolute atomic E-state index is 11.4. The van der Waals surface area contributed by atoms with Gasteiger partial charge in [-0.25, -0.2) is 0 Å². The number of carbonyl (C=O) groups excluding carboxylic acids is 1. The molecule has 0 bridgehead atoms. The van der Waals surface area contributed by atoms with Crippen LogP contribution < -0.4 is 5.32 Å². The molecule has 18 heavy (non-hydrogen) atoms. The second-order valence-corrected chi connectivity index (χ2v) is 4.77. The van der Waals surface area contributed by atoms with Crippen LogP contribution in [0.2, 0.25) is 0 Å². The zero-order valence-corrected chi connectivity index (χ0v) is 11.8. The van der Waals surface area contributed by atoms with Gasteiger partial charge in [0, 0.05) is 17.5 Å². The largest absolute Gasteiger partial charge is 0.352 e. The van der Waals surface area contributed by atoms with Crippen molar-refractivity contribution in [1.29, 1.82) is 0 Å². The lowest BCUT2D eigenvalue weighted by atomic mass is 10.2. The summed E-state index contributed by atoms with van der Waals surface area (Å²) in [6, 6.07) is 0.149. The Morgan fingerprint density at radius 3 is 2.83 bits per heavy atom. The number of rotatable bonds is 4. The highest BCUT2D eigenvalue weighted by Crippen LogP contribution is 2.13. The van der Waals surface area contributed by atoms with E-state index in [1.807, 2.05) is 45.6 Å². The van der Waals surface area contributed by atoms with Crippen LogP contribution in [0.3, 0.4) is 0 Å². The summed E-state index contributed by atoms with van der Waals surface area (Å²) in [5.74, 6) is -0.0628. The van der Waals surface area contributed by atoms with E-state index in [9.17, 15) is 4.79 Å². The molecule has 0 aliphatic carbocycles. The van der Waals surface area contributed by atoms with Gasteiger partial charge in [-0.15, -0.1) is 0 Å². The molecule has 1 N–H and O–H groups in total. The van der Waals surface area contributed by atoms with Crippen molar-refractivity contribution in [3.8, 4) is 0 Å². The molecule has 1 rings (SSSR count). The van der Waals surface area contributed by atoms with Crippen LogP contribution in [0.5, 0.6) is 0 Å². The van der Waals surface area contributed by atoms with E-state index in [2.05, 4.69) is 15.3 Å². The Morgan fingerprint density at radius 2 is 2.28 bits per heavy atom. The summed E-state index contributed by atoms with van der Waals surface area (Å²) >= 11 is 0. The molecule has 1 aliphatic heterocycles. The molecule has 0 aromatic carbocycles. The molecule has 1 atom stereocenters. The van der Waals surface area contributed by atoms with Crippen LogP contribution in [0.1, 0.15) is 34.6 Å². The minimum atomic E-state index is -0.0628. The third kappa shape index (κ3) is 4.31. The molecule has 0 radical (unpaired) electrons. The van der Waals surface area contributed by atoms with Crippen molar-refractivity contribution in [2.24, 2.45) is 9.98 Å². The average molecular weight is 250 g/mol. The first kappa shape index (κ1) is 14.4. The van der Waals surface area contributed by atoms with Crippen molar-refractivity contribution < 1.29 is 4.79 Å². The maximum atomic E-state index is 11.4. The van der Waals surface area contributed by atoms with E-state index < -0.39 is 0 Å². The predicted octanol–water partition coefficient (Wildman–Crippen LogP) is 1.57. The SMILES string of the molecule is CC1=CC(C)=NC(C)N1/C=N\CC(=O)NC(C)C. The van der Waals surface area contributed by atoms with Gasteiger partial charge in [0.2, 0.25) is 5.91 Å². The van der Waals surface area contributed by atoms with E-state index in [0.717, 1.165) is 11.4 Å². The standard InChI is InChI=1S/C13H22N4O/c1-9(2)15-13(18)7-14-8-17-11(4)6-10(3)16-12(17)5/h6,8-9,12H,7H2,1-5H3,(H,15,18)/b14-8-. The molecule has 5 heteroatoms. The van der Waals surface area contributed by atoms with Crippen LogP contribution in [0.25, 0.3) is 0 Å². The molecular formula is C13H22N4O. The van der Waals surface area contributed by atoms with Crippen LogP contribution in [-0.2, 0) is 4.79 Å². The molecule has 0 spiro atoms. The zero-order valence-electron chi connectivity index (χ0n) is 11.8. The first-order valence-corrected chi connectivity index (χ1v) is 6.20. The summed E-state index contributed by atoms with van der Waals surface area (Å²) in [5, 5.41) is 2.80. The number of allylic oxidation sites excluding steroid dienone is 2. The molecule has 1 unspecified atom stereocenters. The Morgan fingerprint density at radius 1 is 1.61 bits per heavy atom. The fourth-order valence-electron chi connectivity index (χ4n) is 1.83. The maximum Gasteiger partial charge on any atom is 0.241 e. The van der Waals surface area contributed by atoms with Crippen molar-refractivity contribution in [2.45, 2.75) is 46.8 Å². The first-order chi connectivity index (χ1) is 8.40. The van der Waals surface area contributed by atoms with E-state index in [1.165, 1.54) is 0 Å². The number of nitrogens with zero attached hydrogens (tertiary/aromatic N) is 3. The van der Waals surface area contributed by atoms with E-state index >= 15 is 0 Å². The summed E-state index contributed by atoms with van der Waals surface area (Å²) in [6.07, 6.45) is 3.72. The average Bonchev–Trinajstić information content (AvgIpc) is 2.20. The van der Waals surface area contributed by atoms with Crippen LogP contribution in [-0.4, -0.2) is 41.6 Å². The van der Waals surface area contributed by atoms with Gasteiger partial charge in [-0.3, -0.25) is 14.8 Å². The molecule has 0 aromatic heterocycles. The van der Waals surface area contributed by atoms with Crippen LogP contribution in [0, 0.1) is 0 Å². The number of nitrogens with one attached hydrogen (secondary N) is 1. The lowest BCUT2D eigenvalue weighted by Crippen LogP contribution is -2.34. The highest BCUT2D eigenvalue weighted by atomic mass is 16.1. The molecule has 5 nitrogen and oxygen atoms in total. The fraction of sp³-hybridized carbons (Fsp3) is 0.615. The van der Waals surface area contributed by atoms with Gasteiger partial charge in [0.05, 0.1) is 6.34 Å². The molecule has 1 amide bonds. The minimum Gasteiger partial charge on any atom is -0.352 e. The van der Waals surface area contributed by atoms with Gasteiger partial charge < -0.3 is 10.2 Å². The smallest absolute Gasteiger partial charge is 0.241 e. The molecule has 1 heterocycles. The topological polar surface area (TPSA) is 57.1 Å². The van der Waals surface area contributed by atoms with Crippen molar-refractivity contribution in [3.63, 3.8) is 0 Å². The third-order valence-corrected chi connectivity index (χ3v) is 2.51. The van der Waals surface area contributed by atoms with Gasteiger partial charge in [0.1, 0.15) is 12.7 Å². The van der Waals surface area contributed by atoms with Gasteiger partial charge in [0.15, 0.2) is 0 Å². The highest BCUT2D eigenvalue weighted by molar-refractivity contribution is 5.94. The van der Waals surface area contributed by atoms with E-state index in [0.29, 0.717) is 0 Å². The van der Waals surface area contributed by atoms with Gasteiger partial charge in [-0.1, -0.05) is 0 Å². The molecule has 0 saturated heterocycles. The Hall–Kier alpha value is -1.65. The second kappa shape index (κ2) is 6.33. The summed E-state index contributed by atoms with van der Waals surface area (Å²) in [5.41, 5.74) is 2.10. The third-order valence-electron chi connectivity index (χ3n) is 2.51. The number of hydrogen-bond donors (Lipinski definition) is 1. The van der Waals surface area contributed by atoms with Crippen LogP contribution >= 0.6 is 0 Å². The van der Waals surface area contributed by atoms with Crippen LogP contribution in [0.15, 0.2) is 21.8 Å². The zero-order chi connectivity index (χ0) is 13.7. The number of carbonyl (C=O) groups is 1. The predicted molar refractivity (Wildman–Crippen MR) is 74.8 cm³/mol. The Kier molecular flexibility index (Phi) is 5.07. The van der Waals surface area contributed by atoms with Gasteiger partial charge in [0.25, 0.3) is 0 Å². The number of amides is 1. The molecular weight excluding hydrogens is 228 g/mol. The van der Waals surface area contributed by atoms with Gasteiger partial charge in [-0.2, -0.15) is 0 Å². The number of hydrogen-bond acceptors (Lipinski definition) is 3. The monoisotopic (exact) mass is 250 g/mol. The summed E-state index contributed by atoms with van der Waals surface area (Å²) in [7, 11) is 0. The van der Waals surface area contributed by atoms with Crippen molar-refractivity contribution in [3.05, 3.63) is 11.8 Å². The molecule has 100 valence electrons. The second-order valence-electron chi connectivity index (χ2n) is 4.77. The quantitative estimate of drug-likeness (QED) is 0.608. The van der Waals surface area contributed by atoms with Crippen molar-refractivity contribution in [2.75, 3.05) is 6.54 Å². The minimum absolute atomic E-state index is 0.0342. The Labute approximate surface area is 109 Å². The Bertz CT molecular complexity index is 396. The summed E-state index contributed by atoms with van der Waals surface area (Å²) in [6.45, 7) is 9.99. The molecule has 1 aliphatic rings. The molecule has 0 aromatic rings. The number of aliphatic imine (C=N–C) groups is 2. The lowest BCUT2D eigenvalue weighted by molar-refractivity contribution is -0.120. The van der Waals surface area contributed by atoms with E-state index in [4.69, 9.17) is 0 Å². The van der Waals surface area contributed by atoms with E-state index in [1.54, 1.807) is 6.34 Å². The normalized spacial score (nSPS) is 20.1. The first-order valence-electron chi connectivity index (χ1n) is 6.20. The van der Waals surface area contributed by atoms with E-state index in [-0.39, 0.29) is 24.7 Å². The van der Waals surface area contributed by atoms with Gasteiger partial charge in [-0.05, 0) is 40.7 Å². The lowest BCUT2D eigenvalue weighted by Gasteiger charge is -2.28. The Balaban J connectivity index is 2.53. The summed E-state index contributed by atoms with van der Waals surface area (Å²) in [4.78, 5) is 22.0. The van der Waals surface area contributed by atoms with Crippen molar-refractivity contribution >= 4 is 18.0 Å². The van der Waals surface area contributed by atoms with Crippen LogP contribution in [0.4, 0.5) is 0 Å². The molecule has 0 fully saturated rings.